The molecule has 0 aromatic heterocycles. The number of nitriles is 3. The first-order valence-corrected chi connectivity index (χ1v) is 13.2. The molecule has 0 bridgehead atoms. The first-order valence-electron chi connectivity index (χ1n) is 13.2. The topological polar surface area (TPSA) is 93.1 Å². The quantitative estimate of drug-likeness (QED) is 0.265. The van der Waals surface area contributed by atoms with Gasteiger partial charge in [0.15, 0.2) is 5.57 Å². The van der Waals surface area contributed by atoms with Crippen LogP contribution in [0.1, 0.15) is 67.2 Å². The van der Waals surface area contributed by atoms with E-state index in [9.17, 15) is 15.8 Å². The number of unbranched alkanes of at least 4 members (excludes halogenated alkanes) is 1. The average Bonchev–Trinajstić information content (AvgIpc) is 3.14. The summed E-state index contributed by atoms with van der Waals surface area (Å²) in [5, 5.41) is 28.5. The third kappa shape index (κ3) is 6.20. The minimum atomic E-state index is -0.874. The summed E-state index contributed by atoms with van der Waals surface area (Å²) >= 11 is 0. The van der Waals surface area contributed by atoms with Crippen molar-refractivity contribution < 1.29 is 9.47 Å². The number of hydrogen-bond acceptors (Lipinski definition) is 6. The zero-order chi connectivity index (χ0) is 27.9. The lowest BCUT2D eigenvalue weighted by Gasteiger charge is -2.30. The third-order valence-corrected chi connectivity index (χ3v) is 6.98. The Morgan fingerprint density at radius 3 is 2.37 bits per heavy atom. The number of rotatable bonds is 8. The number of nitrogens with zero attached hydrogens (tertiary/aromatic N) is 4. The van der Waals surface area contributed by atoms with E-state index < -0.39 is 11.5 Å². The third-order valence-electron chi connectivity index (χ3n) is 6.98. The molecule has 2 unspecified atom stereocenters. The molecule has 0 N–H and O–H groups in total. The predicted molar refractivity (Wildman–Crippen MR) is 148 cm³/mol. The van der Waals surface area contributed by atoms with E-state index >= 15 is 0 Å². The summed E-state index contributed by atoms with van der Waals surface area (Å²) in [6.07, 6.45) is 8.74. The maximum atomic E-state index is 9.86. The number of allylic oxidation sites excluding steroid dienone is 6. The summed E-state index contributed by atoms with van der Waals surface area (Å²) in [4.78, 5) is 2.16. The standard InChI is InChI=1S/C32H36N4O2/c1-7-9-11-24(8-2)21-37-28-13-10-12-27(17-28)36-22(3)14-25(15-23(36)4)16-30-29(20-35)31(26(18-33)19-34)38-32(30,5)6/h10,12-15,17,24,29H,7-9,11,21H2,1-6H3. The number of hydrogen-bond donors (Lipinski definition) is 0. The first-order chi connectivity index (χ1) is 18.2. The van der Waals surface area contributed by atoms with Crippen molar-refractivity contribution in [2.45, 2.75) is 72.8 Å². The first kappa shape index (κ1) is 28.4. The normalized spacial score (nSPS) is 18.8. The molecule has 2 aliphatic heterocycles. The van der Waals surface area contributed by atoms with Crippen molar-refractivity contribution in [2.75, 3.05) is 11.5 Å². The molecule has 1 aromatic carbocycles. The van der Waals surface area contributed by atoms with Crippen molar-refractivity contribution in [3.63, 3.8) is 0 Å². The molecular weight excluding hydrogens is 472 g/mol. The van der Waals surface area contributed by atoms with Crippen molar-refractivity contribution in [2.24, 2.45) is 11.8 Å². The molecule has 3 rings (SSSR count). The summed E-state index contributed by atoms with van der Waals surface area (Å²) in [5.41, 5.74) is 6.71. The SMILES string of the molecule is CCCCC(CC)COc1cccc(N2C(C)=CC(=C=C3C(C#N)C(=C(C#N)C#N)OC3(C)C)C=C2C)c1. The van der Waals surface area contributed by atoms with E-state index in [0.29, 0.717) is 11.5 Å². The van der Waals surface area contributed by atoms with Crippen LogP contribution in [0.25, 0.3) is 0 Å². The number of anilines is 1. The fraction of sp³-hybridized carbons (Fsp3) is 0.438. The minimum Gasteiger partial charge on any atom is -0.493 e. The van der Waals surface area contributed by atoms with E-state index in [-0.39, 0.29) is 11.3 Å². The van der Waals surface area contributed by atoms with E-state index in [4.69, 9.17) is 9.47 Å². The fourth-order valence-electron chi connectivity index (χ4n) is 4.90. The van der Waals surface area contributed by atoms with Crippen LogP contribution in [0.4, 0.5) is 5.69 Å². The molecular formula is C32H36N4O2. The Kier molecular flexibility index (Phi) is 9.25. The van der Waals surface area contributed by atoms with Crippen molar-refractivity contribution in [3.05, 3.63) is 76.0 Å². The molecule has 6 heteroatoms. The van der Waals surface area contributed by atoms with Gasteiger partial charge in [0, 0.05) is 34.3 Å². The zero-order valence-corrected chi connectivity index (χ0v) is 23.3. The summed E-state index contributed by atoms with van der Waals surface area (Å²) in [7, 11) is 0. The van der Waals surface area contributed by atoms with E-state index in [1.165, 1.54) is 19.3 Å². The van der Waals surface area contributed by atoms with Gasteiger partial charge in [0.05, 0.1) is 12.7 Å². The van der Waals surface area contributed by atoms with E-state index in [0.717, 1.165) is 41.4 Å². The highest BCUT2D eigenvalue weighted by Gasteiger charge is 2.44. The van der Waals surface area contributed by atoms with Gasteiger partial charge < -0.3 is 14.4 Å². The van der Waals surface area contributed by atoms with Gasteiger partial charge in [0.25, 0.3) is 0 Å². The molecule has 2 aliphatic rings. The van der Waals surface area contributed by atoms with Gasteiger partial charge in [-0.3, -0.25) is 0 Å². The van der Waals surface area contributed by atoms with Crippen LogP contribution in [0.3, 0.4) is 0 Å². The highest BCUT2D eigenvalue weighted by Crippen LogP contribution is 2.43. The minimum absolute atomic E-state index is 0.0984. The van der Waals surface area contributed by atoms with Crippen LogP contribution in [-0.2, 0) is 4.74 Å². The Morgan fingerprint density at radius 1 is 1.11 bits per heavy atom. The smallest absolute Gasteiger partial charge is 0.169 e. The Balaban J connectivity index is 1.93. The second-order valence-electron chi connectivity index (χ2n) is 10.3. The molecule has 1 saturated heterocycles. The largest absolute Gasteiger partial charge is 0.493 e. The van der Waals surface area contributed by atoms with Crippen molar-refractivity contribution in [1.29, 1.82) is 15.8 Å². The van der Waals surface area contributed by atoms with Gasteiger partial charge in [0.2, 0.25) is 0 Å². The van der Waals surface area contributed by atoms with Crippen LogP contribution in [0.5, 0.6) is 5.75 Å². The van der Waals surface area contributed by atoms with Gasteiger partial charge in [-0.1, -0.05) is 39.2 Å². The summed E-state index contributed by atoms with van der Waals surface area (Å²) < 4.78 is 12.1. The van der Waals surface area contributed by atoms with Crippen LogP contribution in [0, 0.1) is 45.8 Å². The van der Waals surface area contributed by atoms with Crippen LogP contribution >= 0.6 is 0 Å². The van der Waals surface area contributed by atoms with Crippen molar-refractivity contribution in [1.82, 2.24) is 0 Å². The molecule has 0 spiro atoms. The number of ether oxygens (including phenoxy) is 2. The molecule has 38 heavy (non-hydrogen) atoms. The Hall–Kier alpha value is -4.17. The molecule has 2 heterocycles. The molecule has 0 amide bonds. The second kappa shape index (κ2) is 12.4. The van der Waals surface area contributed by atoms with Crippen molar-refractivity contribution in [3.8, 4) is 24.0 Å². The van der Waals surface area contributed by atoms with E-state index in [2.05, 4.69) is 42.7 Å². The van der Waals surface area contributed by atoms with Gasteiger partial charge in [-0.15, -0.1) is 5.73 Å². The Morgan fingerprint density at radius 2 is 1.79 bits per heavy atom. The predicted octanol–water partition coefficient (Wildman–Crippen LogP) is 7.61. The molecule has 2 atom stereocenters. The van der Waals surface area contributed by atoms with Gasteiger partial charge in [-0.2, -0.15) is 15.8 Å². The lowest BCUT2D eigenvalue weighted by molar-refractivity contribution is 0.100. The van der Waals surface area contributed by atoms with E-state index in [1.807, 2.05) is 64.1 Å². The van der Waals surface area contributed by atoms with Gasteiger partial charge in [-0.25, -0.2) is 0 Å². The molecule has 0 saturated carbocycles. The monoisotopic (exact) mass is 508 g/mol. The summed E-state index contributed by atoms with van der Waals surface area (Å²) in [5.74, 6) is 0.673. The zero-order valence-electron chi connectivity index (χ0n) is 23.3. The summed E-state index contributed by atoms with van der Waals surface area (Å²) in [6, 6.07) is 14.0. The Labute approximate surface area is 227 Å². The maximum Gasteiger partial charge on any atom is 0.169 e. The van der Waals surface area contributed by atoms with Crippen LogP contribution in [0.15, 0.2) is 76.0 Å². The fourth-order valence-corrected chi connectivity index (χ4v) is 4.90. The number of benzene rings is 1. The average molecular weight is 509 g/mol. The molecule has 6 nitrogen and oxygen atoms in total. The van der Waals surface area contributed by atoms with Gasteiger partial charge in [0.1, 0.15) is 35.2 Å². The molecule has 1 aromatic rings. The van der Waals surface area contributed by atoms with Crippen LogP contribution < -0.4 is 9.64 Å². The van der Waals surface area contributed by atoms with E-state index in [1.54, 1.807) is 0 Å². The lowest BCUT2D eigenvalue weighted by Crippen LogP contribution is -2.22. The summed E-state index contributed by atoms with van der Waals surface area (Å²) in [6.45, 7) is 12.9. The highest BCUT2D eigenvalue weighted by molar-refractivity contribution is 5.64. The van der Waals surface area contributed by atoms with Gasteiger partial charge in [-0.05, 0) is 64.3 Å². The second-order valence-corrected chi connectivity index (χ2v) is 10.3. The lowest BCUT2D eigenvalue weighted by atomic mass is 9.88. The molecule has 196 valence electrons. The maximum absolute atomic E-state index is 9.86. The van der Waals surface area contributed by atoms with Gasteiger partial charge >= 0.3 is 0 Å². The van der Waals surface area contributed by atoms with Crippen LogP contribution in [0.2, 0.25) is 0 Å². The highest BCUT2D eigenvalue weighted by atomic mass is 16.5. The van der Waals surface area contributed by atoms with Crippen LogP contribution in [-0.4, -0.2) is 12.2 Å². The Bertz CT molecular complexity index is 1310. The molecule has 0 aliphatic carbocycles. The molecule has 0 radical (unpaired) electrons. The molecule has 1 fully saturated rings. The van der Waals surface area contributed by atoms with Crippen molar-refractivity contribution >= 4 is 5.69 Å².